The molecule has 3 atom stereocenters. The van der Waals surface area contributed by atoms with Crippen LogP contribution in [0.1, 0.15) is 47.4 Å². The molecule has 3 amide bonds. The van der Waals surface area contributed by atoms with Crippen molar-refractivity contribution >= 4 is 29.1 Å². The Bertz CT molecular complexity index is 1420. The molecule has 2 aromatic carbocycles. The van der Waals surface area contributed by atoms with Gasteiger partial charge in [-0.25, -0.2) is 4.98 Å². The molecule has 2 aliphatic heterocycles. The van der Waals surface area contributed by atoms with Gasteiger partial charge in [0.15, 0.2) is 0 Å². The third-order valence-corrected chi connectivity index (χ3v) is 8.64. The number of β-amino-alcohol motifs (C(OH)–C–C–N with tert-alkyl or cyclic N) is 1. The van der Waals surface area contributed by atoms with Gasteiger partial charge in [-0.15, -0.1) is 11.3 Å². The molecule has 0 saturated carbocycles. The highest BCUT2D eigenvalue weighted by Crippen LogP contribution is 2.32. The number of likely N-dealkylation sites (tertiary alicyclic amines) is 1. The Morgan fingerprint density at radius 1 is 1.20 bits per heavy atom. The van der Waals surface area contributed by atoms with E-state index in [1.807, 2.05) is 56.6 Å². The van der Waals surface area contributed by atoms with Gasteiger partial charge in [0.05, 0.1) is 29.3 Å². The zero-order valence-electron chi connectivity index (χ0n) is 23.1. The Kier molecular flexibility index (Phi) is 7.91. The summed E-state index contributed by atoms with van der Waals surface area (Å²) < 4.78 is 5.27. The highest BCUT2D eigenvalue weighted by atomic mass is 32.1. The van der Waals surface area contributed by atoms with Crippen molar-refractivity contribution in [2.45, 2.75) is 58.5 Å². The molecular weight excluding hydrogens is 528 g/mol. The first-order chi connectivity index (χ1) is 19.2. The summed E-state index contributed by atoms with van der Waals surface area (Å²) in [6.07, 6.45) is -0.664. The second kappa shape index (κ2) is 11.4. The van der Waals surface area contributed by atoms with Crippen LogP contribution in [0.2, 0.25) is 0 Å². The monoisotopic (exact) mass is 562 g/mol. The fourth-order valence-corrected chi connectivity index (χ4v) is 6.38. The van der Waals surface area contributed by atoms with Crippen molar-refractivity contribution in [1.82, 2.24) is 20.1 Å². The smallest absolute Gasteiger partial charge is 0.255 e. The molecule has 0 bridgehead atoms. The van der Waals surface area contributed by atoms with Gasteiger partial charge in [-0.1, -0.05) is 44.2 Å². The Morgan fingerprint density at radius 2 is 1.95 bits per heavy atom. The molecule has 10 heteroatoms. The number of nitrogens with one attached hydrogen (secondary N) is 1. The van der Waals surface area contributed by atoms with E-state index in [1.165, 1.54) is 4.90 Å². The van der Waals surface area contributed by atoms with E-state index in [0.29, 0.717) is 24.4 Å². The van der Waals surface area contributed by atoms with Gasteiger partial charge < -0.3 is 25.0 Å². The minimum Gasteiger partial charge on any atom is -0.497 e. The molecule has 5 rings (SSSR count). The van der Waals surface area contributed by atoms with Crippen molar-refractivity contribution in [3.63, 3.8) is 0 Å². The SMILES string of the molecule is COc1ccc2c(c1)C(=O)N(C(C(=O)N1C[C@H](O)C[C@H]1C(=O)NCc1ccc(-c3scnc3C)cc1)C(C)C)C2. The molecule has 2 aliphatic rings. The molecule has 1 aromatic heterocycles. The number of aliphatic hydroxyl groups excluding tert-OH is 1. The Balaban J connectivity index is 1.28. The lowest BCUT2D eigenvalue weighted by Gasteiger charge is -2.35. The van der Waals surface area contributed by atoms with Crippen LogP contribution in [0.4, 0.5) is 0 Å². The maximum absolute atomic E-state index is 13.9. The maximum Gasteiger partial charge on any atom is 0.255 e. The lowest BCUT2D eigenvalue weighted by Crippen LogP contribution is -2.55. The number of aromatic nitrogens is 1. The number of aryl methyl sites for hydroxylation is 1. The van der Waals surface area contributed by atoms with Crippen molar-refractivity contribution in [3.05, 3.63) is 70.4 Å². The number of ether oxygens (including phenoxy) is 1. The zero-order chi connectivity index (χ0) is 28.6. The molecule has 0 radical (unpaired) electrons. The van der Waals surface area contributed by atoms with Gasteiger partial charge in [-0.3, -0.25) is 14.4 Å². The molecule has 3 aromatic rings. The van der Waals surface area contributed by atoms with Crippen LogP contribution in [0.15, 0.2) is 48.0 Å². The van der Waals surface area contributed by atoms with E-state index in [4.69, 9.17) is 4.74 Å². The van der Waals surface area contributed by atoms with Gasteiger partial charge in [-0.2, -0.15) is 0 Å². The van der Waals surface area contributed by atoms with Gasteiger partial charge in [0.25, 0.3) is 5.91 Å². The molecule has 3 heterocycles. The van der Waals surface area contributed by atoms with E-state index < -0.39 is 18.2 Å². The number of hydrogen-bond acceptors (Lipinski definition) is 7. The van der Waals surface area contributed by atoms with E-state index in [2.05, 4.69) is 10.3 Å². The number of benzene rings is 2. The maximum atomic E-state index is 13.9. The summed E-state index contributed by atoms with van der Waals surface area (Å²) >= 11 is 1.59. The molecule has 2 N–H and O–H groups in total. The number of carbonyl (C=O) groups excluding carboxylic acids is 3. The third-order valence-electron chi connectivity index (χ3n) is 7.66. The van der Waals surface area contributed by atoms with Crippen molar-refractivity contribution in [3.8, 4) is 16.2 Å². The highest BCUT2D eigenvalue weighted by Gasteiger charge is 2.45. The minimum absolute atomic E-state index is 0.0475. The molecule has 40 heavy (non-hydrogen) atoms. The molecule has 1 saturated heterocycles. The van der Waals surface area contributed by atoms with Crippen LogP contribution >= 0.6 is 11.3 Å². The molecule has 210 valence electrons. The fourth-order valence-electron chi connectivity index (χ4n) is 5.57. The average Bonchev–Trinajstić information content (AvgIpc) is 3.64. The molecule has 1 fully saturated rings. The Morgan fingerprint density at radius 3 is 2.60 bits per heavy atom. The van der Waals surface area contributed by atoms with Gasteiger partial charge in [0.1, 0.15) is 17.8 Å². The standard InChI is InChI=1S/C30H34N4O5S/c1-17(2)26(34-14-21-9-10-23(39-4)12-24(21)29(34)37)30(38)33-15-22(35)11-25(33)28(36)31-13-19-5-7-20(8-6-19)27-18(3)32-16-40-27/h5-10,12,16-17,22,25-26,35H,11,13-15H2,1-4H3,(H,31,36)/t22-,25+,26?/m1/s1. The van der Waals surface area contributed by atoms with Gasteiger partial charge >= 0.3 is 0 Å². The molecule has 0 spiro atoms. The summed E-state index contributed by atoms with van der Waals surface area (Å²) in [7, 11) is 1.54. The van der Waals surface area contributed by atoms with Crippen molar-refractivity contribution in [1.29, 1.82) is 0 Å². The number of methoxy groups -OCH3 is 1. The number of aliphatic hydroxyl groups is 1. The zero-order valence-corrected chi connectivity index (χ0v) is 23.9. The summed E-state index contributed by atoms with van der Waals surface area (Å²) in [4.78, 5) is 49.0. The van der Waals surface area contributed by atoms with Crippen LogP contribution in [-0.2, 0) is 22.7 Å². The van der Waals surface area contributed by atoms with Crippen LogP contribution in [0, 0.1) is 12.8 Å². The fraction of sp³-hybridized carbons (Fsp3) is 0.400. The first kappa shape index (κ1) is 27.8. The van der Waals surface area contributed by atoms with Crippen molar-refractivity contribution in [2.75, 3.05) is 13.7 Å². The molecule has 1 unspecified atom stereocenters. The summed E-state index contributed by atoms with van der Waals surface area (Å²) in [6.45, 7) is 6.40. The van der Waals surface area contributed by atoms with Gasteiger partial charge in [0, 0.05) is 31.6 Å². The molecular formula is C30H34N4O5S. The number of fused-ring (bicyclic) bond motifs is 1. The number of amides is 3. The summed E-state index contributed by atoms with van der Waals surface area (Å²) in [5.41, 5.74) is 6.15. The van der Waals surface area contributed by atoms with Crippen LogP contribution < -0.4 is 10.1 Å². The quantitative estimate of drug-likeness (QED) is 0.435. The minimum atomic E-state index is -0.817. The first-order valence-corrected chi connectivity index (χ1v) is 14.3. The summed E-state index contributed by atoms with van der Waals surface area (Å²) in [5.74, 6) is -0.512. The Hall–Kier alpha value is -3.76. The topological polar surface area (TPSA) is 112 Å². The second-order valence-corrected chi connectivity index (χ2v) is 11.6. The number of thiazole rings is 1. The lowest BCUT2D eigenvalue weighted by atomic mass is 10.0. The Labute approximate surface area is 237 Å². The first-order valence-electron chi connectivity index (χ1n) is 13.4. The highest BCUT2D eigenvalue weighted by molar-refractivity contribution is 7.13. The number of carbonyl (C=O) groups is 3. The van der Waals surface area contributed by atoms with Crippen LogP contribution in [-0.4, -0.2) is 69.5 Å². The predicted molar refractivity (Wildman–Crippen MR) is 152 cm³/mol. The van der Waals surface area contributed by atoms with E-state index in [1.54, 1.807) is 35.5 Å². The lowest BCUT2D eigenvalue weighted by molar-refractivity contribution is -0.143. The van der Waals surface area contributed by atoms with Gasteiger partial charge in [0.2, 0.25) is 11.8 Å². The molecule has 0 aliphatic carbocycles. The van der Waals surface area contributed by atoms with Crippen molar-refractivity contribution < 1.29 is 24.2 Å². The van der Waals surface area contributed by atoms with Gasteiger partial charge in [-0.05, 0) is 41.7 Å². The van der Waals surface area contributed by atoms with E-state index >= 15 is 0 Å². The third kappa shape index (κ3) is 5.33. The van der Waals surface area contributed by atoms with E-state index in [9.17, 15) is 19.5 Å². The van der Waals surface area contributed by atoms with Crippen LogP contribution in [0.25, 0.3) is 10.4 Å². The largest absolute Gasteiger partial charge is 0.497 e. The van der Waals surface area contributed by atoms with E-state index in [0.717, 1.165) is 27.3 Å². The normalized spacial score (nSPS) is 19.2. The average molecular weight is 563 g/mol. The van der Waals surface area contributed by atoms with Crippen LogP contribution in [0.3, 0.4) is 0 Å². The molecule has 9 nitrogen and oxygen atoms in total. The number of rotatable bonds is 8. The van der Waals surface area contributed by atoms with Crippen molar-refractivity contribution in [2.24, 2.45) is 5.92 Å². The van der Waals surface area contributed by atoms with E-state index in [-0.39, 0.29) is 36.6 Å². The number of hydrogen-bond donors (Lipinski definition) is 2. The van der Waals surface area contributed by atoms with Crippen LogP contribution in [0.5, 0.6) is 5.75 Å². The second-order valence-electron chi connectivity index (χ2n) is 10.7. The number of nitrogens with zero attached hydrogens (tertiary/aromatic N) is 3. The predicted octanol–water partition coefficient (Wildman–Crippen LogP) is 3.39. The summed E-state index contributed by atoms with van der Waals surface area (Å²) in [5, 5.41) is 13.4. The summed E-state index contributed by atoms with van der Waals surface area (Å²) in [6, 6.07) is 11.7.